The highest BCUT2D eigenvalue weighted by atomic mass is 19.4. The minimum atomic E-state index is -4.78. The van der Waals surface area contributed by atoms with Crippen LogP contribution in [-0.4, -0.2) is 24.9 Å². The first-order valence-electron chi connectivity index (χ1n) is 9.86. The standard InChI is InChI=1S/C23H15F5N6/c1-22(2,16-7-3-5-13(30-16)12-9-10-18(24)33-20(12)25)17-8-4-6-14(31-17)21-32-15(11-29)19(34-21)23(26,27)28/h3-10H,1-2H3,(H,32,34). The Morgan fingerprint density at radius 2 is 1.44 bits per heavy atom. The molecule has 4 heterocycles. The molecule has 0 saturated heterocycles. The molecule has 0 fully saturated rings. The second kappa shape index (κ2) is 8.30. The van der Waals surface area contributed by atoms with Crippen LogP contribution in [0.1, 0.15) is 36.6 Å². The minimum absolute atomic E-state index is 0.0139. The highest BCUT2D eigenvalue weighted by Gasteiger charge is 2.37. The third-order valence-corrected chi connectivity index (χ3v) is 5.21. The van der Waals surface area contributed by atoms with Crippen LogP contribution in [0.5, 0.6) is 0 Å². The van der Waals surface area contributed by atoms with Gasteiger partial charge in [-0.1, -0.05) is 12.1 Å². The predicted molar refractivity (Wildman–Crippen MR) is 111 cm³/mol. The van der Waals surface area contributed by atoms with E-state index in [0.717, 1.165) is 6.07 Å². The van der Waals surface area contributed by atoms with Gasteiger partial charge in [0.15, 0.2) is 17.2 Å². The Kier molecular flexibility index (Phi) is 5.61. The van der Waals surface area contributed by atoms with E-state index in [1.807, 2.05) is 0 Å². The van der Waals surface area contributed by atoms with Crippen LogP contribution in [-0.2, 0) is 11.6 Å². The van der Waals surface area contributed by atoms with Gasteiger partial charge in [-0.2, -0.15) is 32.2 Å². The molecule has 0 aliphatic heterocycles. The number of aromatic nitrogens is 5. The first kappa shape index (κ1) is 23.0. The third-order valence-electron chi connectivity index (χ3n) is 5.21. The Labute approximate surface area is 190 Å². The van der Waals surface area contributed by atoms with Crippen LogP contribution in [0, 0.1) is 23.2 Å². The Morgan fingerprint density at radius 1 is 0.824 bits per heavy atom. The van der Waals surface area contributed by atoms with Crippen LogP contribution in [0.2, 0.25) is 0 Å². The second-order valence-electron chi connectivity index (χ2n) is 7.83. The number of pyridine rings is 3. The second-order valence-corrected chi connectivity index (χ2v) is 7.83. The van der Waals surface area contributed by atoms with Crippen LogP contribution in [0.4, 0.5) is 22.0 Å². The number of rotatable bonds is 4. The Balaban J connectivity index is 1.75. The lowest BCUT2D eigenvalue weighted by Crippen LogP contribution is -2.22. The lowest BCUT2D eigenvalue weighted by molar-refractivity contribution is -0.141. The Morgan fingerprint density at radius 3 is 2.00 bits per heavy atom. The van der Waals surface area contributed by atoms with Gasteiger partial charge in [0, 0.05) is 5.41 Å². The van der Waals surface area contributed by atoms with Gasteiger partial charge >= 0.3 is 6.18 Å². The maximum atomic E-state index is 14.2. The largest absolute Gasteiger partial charge is 0.434 e. The van der Waals surface area contributed by atoms with E-state index in [1.165, 1.54) is 18.2 Å². The fraction of sp³-hybridized carbons (Fsp3) is 0.174. The molecule has 11 heteroatoms. The summed E-state index contributed by atoms with van der Waals surface area (Å²) in [5.41, 5.74) is -1.64. The average molecular weight is 470 g/mol. The maximum Gasteiger partial charge on any atom is 0.434 e. The van der Waals surface area contributed by atoms with Crippen LogP contribution in [0.3, 0.4) is 0 Å². The number of hydrogen-bond donors (Lipinski definition) is 1. The monoisotopic (exact) mass is 470 g/mol. The van der Waals surface area contributed by atoms with E-state index in [0.29, 0.717) is 11.4 Å². The quantitative estimate of drug-likeness (QED) is 0.318. The number of halogens is 5. The van der Waals surface area contributed by atoms with Crippen molar-refractivity contribution in [3.63, 3.8) is 0 Å². The first-order chi connectivity index (χ1) is 16.0. The number of imidazole rings is 1. The van der Waals surface area contributed by atoms with Crippen molar-refractivity contribution in [3.05, 3.63) is 83.2 Å². The van der Waals surface area contributed by atoms with Gasteiger partial charge in [-0.15, -0.1) is 0 Å². The molecule has 0 aliphatic rings. The molecular weight excluding hydrogens is 455 g/mol. The topological polar surface area (TPSA) is 91.1 Å². The molecule has 4 aromatic heterocycles. The third kappa shape index (κ3) is 4.22. The number of nitrogens with one attached hydrogen (secondary N) is 1. The fourth-order valence-corrected chi connectivity index (χ4v) is 3.36. The van der Waals surface area contributed by atoms with E-state index in [-0.39, 0.29) is 22.8 Å². The Hall–Kier alpha value is -4.20. The van der Waals surface area contributed by atoms with Gasteiger partial charge in [0.1, 0.15) is 11.8 Å². The summed E-state index contributed by atoms with van der Waals surface area (Å²) in [5.74, 6) is -2.17. The van der Waals surface area contributed by atoms with E-state index >= 15 is 0 Å². The zero-order chi connectivity index (χ0) is 24.7. The zero-order valence-electron chi connectivity index (χ0n) is 17.7. The number of alkyl halides is 3. The van der Waals surface area contributed by atoms with E-state index in [9.17, 15) is 22.0 Å². The summed E-state index contributed by atoms with van der Waals surface area (Å²) in [5, 5.41) is 9.02. The van der Waals surface area contributed by atoms with Gasteiger partial charge in [-0.05, 0) is 50.2 Å². The molecule has 6 nitrogen and oxygen atoms in total. The minimum Gasteiger partial charge on any atom is -0.332 e. The highest BCUT2D eigenvalue weighted by molar-refractivity contribution is 5.59. The molecular formula is C23H15F5N6. The van der Waals surface area contributed by atoms with Crippen LogP contribution >= 0.6 is 0 Å². The molecule has 1 N–H and O–H groups in total. The zero-order valence-corrected chi connectivity index (χ0v) is 17.7. The molecule has 0 unspecified atom stereocenters. The molecule has 4 aromatic rings. The molecule has 0 radical (unpaired) electrons. The van der Waals surface area contributed by atoms with Gasteiger partial charge in [0.2, 0.25) is 11.9 Å². The van der Waals surface area contributed by atoms with Crippen LogP contribution < -0.4 is 0 Å². The molecule has 172 valence electrons. The SMILES string of the molecule is CC(C)(c1cccc(-c2nc(C#N)c(C(F)(F)F)[nH]2)n1)c1cccc(-c2ccc(F)nc2F)n1. The van der Waals surface area contributed by atoms with E-state index in [2.05, 4.69) is 24.9 Å². The number of nitriles is 1. The summed E-state index contributed by atoms with van der Waals surface area (Å²) >= 11 is 0. The van der Waals surface area contributed by atoms with E-state index < -0.39 is 34.9 Å². The van der Waals surface area contributed by atoms with Crippen molar-refractivity contribution in [2.45, 2.75) is 25.4 Å². The smallest absolute Gasteiger partial charge is 0.332 e. The molecule has 0 atom stereocenters. The molecule has 0 spiro atoms. The summed E-state index contributed by atoms with van der Waals surface area (Å²) in [6.07, 6.45) is -4.78. The Bertz CT molecular complexity index is 1420. The summed E-state index contributed by atoms with van der Waals surface area (Å²) in [6.45, 7) is 3.57. The molecule has 0 bridgehead atoms. The van der Waals surface area contributed by atoms with Crippen LogP contribution in [0.15, 0.2) is 48.5 Å². The van der Waals surface area contributed by atoms with Gasteiger partial charge < -0.3 is 4.98 Å². The van der Waals surface area contributed by atoms with Crippen molar-refractivity contribution < 1.29 is 22.0 Å². The summed E-state index contributed by atoms with van der Waals surface area (Å²) in [6, 6.07) is 13.3. The molecule has 0 amide bonds. The summed E-state index contributed by atoms with van der Waals surface area (Å²) < 4.78 is 66.9. The van der Waals surface area contributed by atoms with Crippen molar-refractivity contribution in [2.75, 3.05) is 0 Å². The lowest BCUT2D eigenvalue weighted by Gasteiger charge is -2.24. The molecule has 0 aromatic carbocycles. The van der Waals surface area contributed by atoms with E-state index in [1.54, 1.807) is 44.2 Å². The van der Waals surface area contributed by atoms with E-state index in [4.69, 9.17) is 5.26 Å². The number of aromatic amines is 1. The van der Waals surface area contributed by atoms with Crippen molar-refractivity contribution in [1.82, 2.24) is 24.9 Å². The van der Waals surface area contributed by atoms with Gasteiger partial charge in [0.05, 0.1) is 22.6 Å². The van der Waals surface area contributed by atoms with Crippen molar-refractivity contribution in [3.8, 4) is 28.8 Å². The summed E-state index contributed by atoms with van der Waals surface area (Å²) in [4.78, 5) is 18.0. The van der Waals surface area contributed by atoms with Crippen molar-refractivity contribution >= 4 is 0 Å². The maximum absolute atomic E-state index is 14.2. The fourth-order valence-electron chi connectivity index (χ4n) is 3.36. The highest BCUT2D eigenvalue weighted by Crippen LogP contribution is 2.34. The van der Waals surface area contributed by atoms with Gasteiger partial charge in [-0.3, -0.25) is 4.98 Å². The van der Waals surface area contributed by atoms with Gasteiger partial charge in [-0.25, -0.2) is 9.97 Å². The van der Waals surface area contributed by atoms with Gasteiger partial charge in [0.25, 0.3) is 0 Å². The van der Waals surface area contributed by atoms with Crippen molar-refractivity contribution in [2.24, 2.45) is 0 Å². The average Bonchev–Trinajstić information content (AvgIpc) is 3.25. The first-order valence-corrected chi connectivity index (χ1v) is 9.86. The lowest BCUT2D eigenvalue weighted by atomic mass is 9.84. The van der Waals surface area contributed by atoms with Crippen LogP contribution in [0.25, 0.3) is 22.8 Å². The normalized spacial score (nSPS) is 11.9. The molecule has 34 heavy (non-hydrogen) atoms. The molecule has 0 saturated carbocycles. The molecule has 0 aliphatic carbocycles. The van der Waals surface area contributed by atoms with Crippen molar-refractivity contribution in [1.29, 1.82) is 5.26 Å². The summed E-state index contributed by atoms with van der Waals surface area (Å²) in [7, 11) is 0. The number of nitrogens with zero attached hydrogens (tertiary/aromatic N) is 5. The number of H-pyrrole nitrogens is 1. The molecule has 4 rings (SSSR count). The number of hydrogen-bond acceptors (Lipinski definition) is 5. The predicted octanol–water partition coefficient (Wildman–Crippen LogP) is 5.42.